The Bertz CT molecular complexity index is 863. The van der Waals surface area contributed by atoms with Crippen LogP contribution in [0.5, 0.6) is 0 Å². The van der Waals surface area contributed by atoms with Crippen molar-refractivity contribution in [3.05, 3.63) is 64.2 Å². The van der Waals surface area contributed by atoms with E-state index in [2.05, 4.69) is 25.9 Å². The van der Waals surface area contributed by atoms with Gasteiger partial charge in [-0.15, -0.1) is 0 Å². The molecule has 2 aromatic heterocycles. The van der Waals surface area contributed by atoms with Crippen molar-refractivity contribution in [1.82, 2.24) is 14.4 Å². The summed E-state index contributed by atoms with van der Waals surface area (Å²) in [5, 5.41) is 0. The van der Waals surface area contributed by atoms with Crippen molar-refractivity contribution in [3.8, 4) is 0 Å². The Kier molecular flexibility index (Phi) is 3.89. The quantitative estimate of drug-likeness (QED) is 0.671. The summed E-state index contributed by atoms with van der Waals surface area (Å²) < 4.78 is 21.2. The van der Waals surface area contributed by atoms with Gasteiger partial charge in [-0.25, -0.2) is 19.2 Å². The van der Waals surface area contributed by atoms with Crippen molar-refractivity contribution in [2.75, 3.05) is 7.11 Å². The van der Waals surface area contributed by atoms with Crippen LogP contribution >= 0.6 is 15.9 Å². The van der Waals surface area contributed by atoms with Crippen LogP contribution in [0.15, 0.2) is 41.4 Å². The van der Waals surface area contributed by atoms with Gasteiger partial charge in [-0.05, 0) is 17.7 Å². The summed E-state index contributed by atoms with van der Waals surface area (Å²) >= 11 is 3.22. The molecule has 5 nitrogen and oxygen atoms in total. The third-order valence-corrected chi connectivity index (χ3v) is 3.80. The SMILES string of the molecule is COC(=O)c1ncc2cncn2c1Cc1ccc(Br)cc1F. The number of esters is 1. The lowest BCUT2D eigenvalue weighted by Gasteiger charge is -2.11. The van der Waals surface area contributed by atoms with E-state index in [1.807, 2.05) is 0 Å². The molecule has 0 saturated carbocycles. The predicted octanol–water partition coefficient (Wildman–Crippen LogP) is 3.01. The van der Waals surface area contributed by atoms with Gasteiger partial charge in [0.1, 0.15) is 5.82 Å². The van der Waals surface area contributed by atoms with Gasteiger partial charge < -0.3 is 4.74 Å². The van der Waals surface area contributed by atoms with Gasteiger partial charge in [-0.1, -0.05) is 22.0 Å². The predicted molar refractivity (Wildman–Crippen MR) is 81.2 cm³/mol. The number of carbonyl (C=O) groups excluding carboxylic acids is 1. The molecule has 0 aliphatic rings. The molecule has 22 heavy (non-hydrogen) atoms. The molecule has 112 valence electrons. The van der Waals surface area contributed by atoms with Gasteiger partial charge in [0.25, 0.3) is 0 Å². The van der Waals surface area contributed by atoms with Gasteiger partial charge in [0, 0.05) is 10.9 Å². The zero-order valence-electron chi connectivity index (χ0n) is 11.6. The second-order valence-electron chi connectivity index (χ2n) is 4.65. The van der Waals surface area contributed by atoms with Crippen molar-refractivity contribution >= 4 is 27.4 Å². The minimum atomic E-state index is -0.567. The molecule has 0 radical (unpaired) electrons. The first-order valence-corrected chi connectivity index (χ1v) is 7.21. The minimum Gasteiger partial charge on any atom is -0.464 e. The number of methoxy groups -OCH3 is 1. The zero-order valence-corrected chi connectivity index (χ0v) is 13.2. The monoisotopic (exact) mass is 363 g/mol. The van der Waals surface area contributed by atoms with E-state index in [0.717, 1.165) is 5.52 Å². The summed E-state index contributed by atoms with van der Waals surface area (Å²) in [6.07, 6.45) is 4.91. The maximum Gasteiger partial charge on any atom is 0.358 e. The maximum atomic E-state index is 14.1. The molecule has 0 amide bonds. The topological polar surface area (TPSA) is 56.5 Å². The third kappa shape index (κ3) is 2.59. The molecular weight excluding hydrogens is 353 g/mol. The van der Waals surface area contributed by atoms with Gasteiger partial charge in [-0.2, -0.15) is 0 Å². The smallest absolute Gasteiger partial charge is 0.358 e. The summed E-state index contributed by atoms with van der Waals surface area (Å²) in [5.41, 5.74) is 1.86. The van der Waals surface area contributed by atoms with E-state index in [-0.39, 0.29) is 17.9 Å². The molecule has 0 aliphatic heterocycles. The number of nitrogens with zero attached hydrogens (tertiary/aromatic N) is 3. The van der Waals surface area contributed by atoms with Crippen LogP contribution in [0.4, 0.5) is 4.39 Å². The number of fused-ring (bicyclic) bond motifs is 1. The van der Waals surface area contributed by atoms with Crippen molar-refractivity contribution < 1.29 is 13.9 Å². The van der Waals surface area contributed by atoms with E-state index in [4.69, 9.17) is 4.74 Å². The summed E-state index contributed by atoms with van der Waals surface area (Å²) in [6, 6.07) is 4.79. The number of ether oxygens (including phenoxy) is 1. The molecule has 1 aromatic carbocycles. The highest BCUT2D eigenvalue weighted by Crippen LogP contribution is 2.21. The number of hydrogen-bond donors (Lipinski definition) is 0. The van der Waals surface area contributed by atoms with Gasteiger partial charge in [0.15, 0.2) is 5.69 Å². The normalized spacial score (nSPS) is 10.9. The van der Waals surface area contributed by atoms with E-state index in [1.165, 1.54) is 19.4 Å². The lowest BCUT2D eigenvalue weighted by Crippen LogP contribution is -2.13. The zero-order chi connectivity index (χ0) is 15.7. The van der Waals surface area contributed by atoms with Crippen molar-refractivity contribution in [3.63, 3.8) is 0 Å². The van der Waals surface area contributed by atoms with Gasteiger partial charge >= 0.3 is 5.97 Å². The summed E-state index contributed by atoms with van der Waals surface area (Å²) in [7, 11) is 1.28. The molecule has 0 bridgehead atoms. The van der Waals surface area contributed by atoms with Crippen molar-refractivity contribution in [2.45, 2.75) is 6.42 Å². The second kappa shape index (κ2) is 5.84. The average Bonchev–Trinajstić information content (AvgIpc) is 2.98. The molecule has 3 aromatic rings. The van der Waals surface area contributed by atoms with Crippen LogP contribution in [0.25, 0.3) is 5.52 Å². The third-order valence-electron chi connectivity index (χ3n) is 3.31. The standard InChI is InChI=1S/C15H11BrFN3O2/c1-22-15(21)14-13(20-8-18-6-11(20)7-19-14)4-9-2-3-10(16)5-12(9)17/h2-3,5-8H,4H2,1H3. The van der Waals surface area contributed by atoms with E-state index in [0.29, 0.717) is 15.7 Å². The van der Waals surface area contributed by atoms with Gasteiger partial charge in [0.05, 0.1) is 37.0 Å². The largest absolute Gasteiger partial charge is 0.464 e. The van der Waals surface area contributed by atoms with Crippen LogP contribution < -0.4 is 0 Å². The average molecular weight is 364 g/mol. The van der Waals surface area contributed by atoms with E-state index in [9.17, 15) is 9.18 Å². The fourth-order valence-electron chi connectivity index (χ4n) is 2.23. The fourth-order valence-corrected chi connectivity index (χ4v) is 2.56. The molecular formula is C15H11BrFN3O2. The number of hydrogen-bond acceptors (Lipinski definition) is 4. The molecule has 3 rings (SSSR count). The van der Waals surface area contributed by atoms with E-state index >= 15 is 0 Å². The molecule has 0 aliphatic carbocycles. The lowest BCUT2D eigenvalue weighted by molar-refractivity contribution is 0.0592. The molecule has 2 heterocycles. The number of halogens is 2. The maximum absolute atomic E-state index is 14.1. The second-order valence-corrected chi connectivity index (χ2v) is 5.56. The molecule has 0 saturated heterocycles. The highest BCUT2D eigenvalue weighted by Gasteiger charge is 2.18. The fraction of sp³-hybridized carbons (Fsp3) is 0.133. The highest BCUT2D eigenvalue weighted by atomic mass is 79.9. The molecule has 0 N–H and O–H groups in total. The van der Waals surface area contributed by atoms with Crippen LogP contribution in [0.2, 0.25) is 0 Å². The molecule has 0 atom stereocenters. The first-order chi connectivity index (χ1) is 10.6. The van der Waals surface area contributed by atoms with Crippen LogP contribution in [0.3, 0.4) is 0 Å². The Morgan fingerprint density at radius 1 is 1.41 bits per heavy atom. The van der Waals surface area contributed by atoms with Gasteiger partial charge in [0.2, 0.25) is 0 Å². The minimum absolute atomic E-state index is 0.148. The van der Waals surface area contributed by atoms with Gasteiger partial charge in [-0.3, -0.25) is 4.40 Å². The molecule has 7 heteroatoms. The number of imidazole rings is 1. The van der Waals surface area contributed by atoms with Crippen molar-refractivity contribution in [1.29, 1.82) is 0 Å². The number of carbonyl (C=O) groups is 1. The number of rotatable bonds is 3. The Morgan fingerprint density at radius 3 is 2.95 bits per heavy atom. The summed E-state index contributed by atoms with van der Waals surface area (Å²) in [4.78, 5) is 20.1. The first kappa shape index (κ1) is 14.6. The number of benzene rings is 1. The molecule has 0 unspecified atom stereocenters. The lowest BCUT2D eigenvalue weighted by atomic mass is 10.1. The summed E-state index contributed by atoms with van der Waals surface area (Å²) in [5.74, 6) is -0.926. The Hall–Kier alpha value is -2.28. The van der Waals surface area contributed by atoms with E-state index < -0.39 is 5.97 Å². The highest BCUT2D eigenvalue weighted by molar-refractivity contribution is 9.10. The molecule has 0 fully saturated rings. The van der Waals surface area contributed by atoms with E-state index in [1.54, 1.807) is 29.1 Å². The van der Waals surface area contributed by atoms with Crippen LogP contribution in [0.1, 0.15) is 21.7 Å². The van der Waals surface area contributed by atoms with Crippen LogP contribution in [-0.2, 0) is 11.2 Å². The Labute approximate surface area is 133 Å². The van der Waals surface area contributed by atoms with Crippen molar-refractivity contribution in [2.24, 2.45) is 0 Å². The molecule has 0 spiro atoms. The Morgan fingerprint density at radius 2 is 2.23 bits per heavy atom. The Balaban J connectivity index is 2.15. The number of aromatic nitrogens is 3. The van der Waals surface area contributed by atoms with Crippen LogP contribution in [0, 0.1) is 5.82 Å². The first-order valence-electron chi connectivity index (χ1n) is 6.42. The van der Waals surface area contributed by atoms with Crippen LogP contribution in [-0.4, -0.2) is 27.4 Å². The summed E-state index contributed by atoms with van der Waals surface area (Å²) in [6.45, 7) is 0.